The van der Waals surface area contributed by atoms with Gasteiger partial charge >= 0.3 is 23.9 Å². The normalized spacial score (nSPS) is 11.8. The molecule has 2 aromatic rings. The molecular formula is C30H38O8. The minimum Gasteiger partial charge on any atom is -0.465 e. The summed E-state index contributed by atoms with van der Waals surface area (Å²) in [7, 11) is 0. The van der Waals surface area contributed by atoms with Crippen LogP contribution in [0.15, 0.2) is 48.5 Å². The predicted molar refractivity (Wildman–Crippen MR) is 142 cm³/mol. The molecule has 0 bridgehead atoms. The second kappa shape index (κ2) is 14.9. The molecule has 0 aromatic heterocycles. The number of aryl methyl sites for hydroxylation is 1. The maximum Gasteiger partial charge on any atom is 0.343 e. The van der Waals surface area contributed by atoms with Crippen molar-refractivity contribution in [3.05, 3.63) is 65.2 Å². The maximum atomic E-state index is 12.2. The van der Waals surface area contributed by atoms with Crippen molar-refractivity contribution in [3.8, 4) is 5.75 Å². The Hall–Kier alpha value is -3.68. The van der Waals surface area contributed by atoms with Crippen LogP contribution in [0.25, 0.3) is 0 Å². The number of hydrogen-bond acceptors (Lipinski definition) is 8. The highest BCUT2D eigenvalue weighted by Gasteiger charge is 2.24. The zero-order valence-electron chi connectivity index (χ0n) is 22.9. The summed E-state index contributed by atoms with van der Waals surface area (Å²) >= 11 is 0. The molecule has 0 aliphatic heterocycles. The SMILES string of the molecule is CCC(C)C(=O)OCC(C)(C)COC(=O)CCC(=O)OCCc1ccc(OC(=O)c2ccc(C)cc2)cc1. The quantitative estimate of drug-likeness (QED) is 0.187. The van der Waals surface area contributed by atoms with Crippen LogP contribution in [0.2, 0.25) is 0 Å². The van der Waals surface area contributed by atoms with Gasteiger partial charge in [0, 0.05) is 11.8 Å². The van der Waals surface area contributed by atoms with Gasteiger partial charge < -0.3 is 18.9 Å². The van der Waals surface area contributed by atoms with Crippen LogP contribution in [0.3, 0.4) is 0 Å². The van der Waals surface area contributed by atoms with Crippen LogP contribution < -0.4 is 4.74 Å². The first kappa shape index (κ1) is 30.5. The first-order valence-electron chi connectivity index (χ1n) is 12.8. The molecule has 0 spiro atoms. The van der Waals surface area contributed by atoms with E-state index in [1.165, 1.54) is 0 Å². The molecule has 0 saturated carbocycles. The molecule has 38 heavy (non-hydrogen) atoms. The Kier molecular flexibility index (Phi) is 12.0. The monoisotopic (exact) mass is 526 g/mol. The second-order valence-electron chi connectivity index (χ2n) is 10.1. The van der Waals surface area contributed by atoms with Gasteiger partial charge in [-0.05, 0) is 43.2 Å². The Morgan fingerprint density at radius 3 is 2.00 bits per heavy atom. The number of hydrogen-bond donors (Lipinski definition) is 0. The van der Waals surface area contributed by atoms with Crippen LogP contribution >= 0.6 is 0 Å². The van der Waals surface area contributed by atoms with Gasteiger partial charge in [0.1, 0.15) is 5.75 Å². The van der Waals surface area contributed by atoms with Gasteiger partial charge in [-0.2, -0.15) is 0 Å². The lowest BCUT2D eigenvalue weighted by Crippen LogP contribution is -2.30. The summed E-state index contributed by atoms with van der Waals surface area (Å²) in [5.41, 5.74) is 1.91. The molecule has 206 valence electrons. The van der Waals surface area contributed by atoms with Crippen LogP contribution in [0, 0.1) is 18.3 Å². The number of rotatable bonds is 14. The predicted octanol–water partition coefficient (Wildman–Crippen LogP) is 5.24. The topological polar surface area (TPSA) is 105 Å². The molecule has 1 unspecified atom stereocenters. The molecule has 8 heteroatoms. The highest BCUT2D eigenvalue weighted by Crippen LogP contribution is 2.18. The van der Waals surface area contributed by atoms with Crippen LogP contribution in [0.5, 0.6) is 5.75 Å². The highest BCUT2D eigenvalue weighted by atomic mass is 16.6. The van der Waals surface area contributed by atoms with Crippen molar-refractivity contribution in [2.75, 3.05) is 19.8 Å². The van der Waals surface area contributed by atoms with Crippen LogP contribution in [-0.2, 0) is 35.0 Å². The van der Waals surface area contributed by atoms with Gasteiger partial charge in [-0.15, -0.1) is 0 Å². The lowest BCUT2D eigenvalue weighted by atomic mass is 9.96. The standard InChI is InChI=1S/C30H38O8/c1-6-22(3)28(33)37-20-30(4,5)19-36-27(32)16-15-26(31)35-18-17-23-9-13-25(14-10-23)38-29(34)24-11-7-21(2)8-12-24/h7-14,22H,6,15-20H2,1-5H3. The molecular weight excluding hydrogens is 488 g/mol. The van der Waals surface area contributed by atoms with Crippen LogP contribution in [0.1, 0.15) is 68.4 Å². The fraction of sp³-hybridized carbons (Fsp3) is 0.467. The first-order chi connectivity index (χ1) is 18.0. The molecule has 0 aliphatic rings. The van der Waals surface area contributed by atoms with E-state index in [4.69, 9.17) is 18.9 Å². The summed E-state index contributed by atoms with van der Waals surface area (Å²) in [5, 5.41) is 0. The van der Waals surface area contributed by atoms with Gasteiger partial charge in [0.2, 0.25) is 0 Å². The van der Waals surface area contributed by atoms with Gasteiger partial charge in [0.05, 0.1) is 44.1 Å². The van der Waals surface area contributed by atoms with Gasteiger partial charge in [-0.1, -0.05) is 57.5 Å². The summed E-state index contributed by atoms with van der Waals surface area (Å²) in [6.45, 7) is 9.70. The van der Waals surface area contributed by atoms with E-state index in [0.717, 1.165) is 11.1 Å². The third kappa shape index (κ3) is 11.2. The van der Waals surface area contributed by atoms with E-state index in [-0.39, 0.29) is 44.5 Å². The third-order valence-corrected chi connectivity index (χ3v) is 5.85. The number of esters is 4. The van der Waals surface area contributed by atoms with E-state index < -0.39 is 23.3 Å². The summed E-state index contributed by atoms with van der Waals surface area (Å²) in [5.74, 6) is -1.46. The minimum atomic E-state index is -0.534. The smallest absolute Gasteiger partial charge is 0.343 e. The number of ether oxygens (including phenoxy) is 4. The minimum absolute atomic E-state index is 0.0744. The fourth-order valence-electron chi connectivity index (χ4n) is 3.10. The maximum absolute atomic E-state index is 12.2. The van der Waals surface area contributed by atoms with E-state index in [9.17, 15) is 19.2 Å². The zero-order valence-corrected chi connectivity index (χ0v) is 22.9. The Morgan fingerprint density at radius 1 is 0.816 bits per heavy atom. The van der Waals surface area contributed by atoms with Crippen molar-refractivity contribution < 1.29 is 38.1 Å². The van der Waals surface area contributed by atoms with Crippen molar-refractivity contribution in [2.24, 2.45) is 11.3 Å². The van der Waals surface area contributed by atoms with Crippen LogP contribution in [0.4, 0.5) is 0 Å². The lowest BCUT2D eigenvalue weighted by molar-refractivity contribution is -0.157. The second-order valence-corrected chi connectivity index (χ2v) is 10.1. The molecule has 1 atom stereocenters. The van der Waals surface area contributed by atoms with Crippen LogP contribution in [-0.4, -0.2) is 43.7 Å². The molecule has 0 amide bonds. The van der Waals surface area contributed by atoms with Crippen molar-refractivity contribution >= 4 is 23.9 Å². The Balaban J connectivity index is 1.63. The molecule has 0 saturated heterocycles. The molecule has 0 aliphatic carbocycles. The number of carbonyl (C=O) groups excluding carboxylic acids is 4. The molecule has 0 radical (unpaired) electrons. The third-order valence-electron chi connectivity index (χ3n) is 5.85. The van der Waals surface area contributed by atoms with E-state index in [0.29, 0.717) is 24.2 Å². The number of carbonyl (C=O) groups is 4. The van der Waals surface area contributed by atoms with E-state index in [2.05, 4.69) is 0 Å². The van der Waals surface area contributed by atoms with E-state index >= 15 is 0 Å². The summed E-state index contributed by atoms with van der Waals surface area (Å²) < 4.78 is 21.1. The van der Waals surface area contributed by atoms with Gasteiger partial charge in [-0.3, -0.25) is 14.4 Å². The van der Waals surface area contributed by atoms with Crippen molar-refractivity contribution in [2.45, 2.75) is 60.3 Å². The summed E-state index contributed by atoms with van der Waals surface area (Å²) in [6.07, 6.45) is 0.993. The lowest BCUT2D eigenvalue weighted by Gasteiger charge is -2.24. The largest absolute Gasteiger partial charge is 0.465 e. The molecule has 0 heterocycles. The Morgan fingerprint density at radius 2 is 1.39 bits per heavy atom. The van der Waals surface area contributed by atoms with Crippen molar-refractivity contribution in [1.29, 1.82) is 0 Å². The summed E-state index contributed by atoms with van der Waals surface area (Å²) in [6, 6.07) is 14.1. The molecule has 2 rings (SSSR count). The van der Waals surface area contributed by atoms with E-state index in [1.54, 1.807) is 43.3 Å². The molecule has 2 aromatic carbocycles. The van der Waals surface area contributed by atoms with Gasteiger partial charge in [0.25, 0.3) is 0 Å². The first-order valence-corrected chi connectivity index (χ1v) is 12.8. The van der Waals surface area contributed by atoms with Crippen molar-refractivity contribution in [1.82, 2.24) is 0 Å². The molecule has 0 fully saturated rings. The Bertz CT molecular complexity index is 1070. The molecule has 8 nitrogen and oxygen atoms in total. The van der Waals surface area contributed by atoms with Gasteiger partial charge in [-0.25, -0.2) is 4.79 Å². The average molecular weight is 527 g/mol. The van der Waals surface area contributed by atoms with Crippen molar-refractivity contribution in [3.63, 3.8) is 0 Å². The zero-order chi connectivity index (χ0) is 28.1. The number of benzene rings is 2. The van der Waals surface area contributed by atoms with Gasteiger partial charge in [0.15, 0.2) is 0 Å². The highest BCUT2D eigenvalue weighted by molar-refractivity contribution is 5.91. The average Bonchev–Trinajstić information content (AvgIpc) is 2.90. The Labute approximate surface area is 224 Å². The van der Waals surface area contributed by atoms with E-state index in [1.807, 2.05) is 39.8 Å². The molecule has 0 N–H and O–H groups in total. The summed E-state index contributed by atoms with van der Waals surface area (Å²) in [4.78, 5) is 48.1. The fourth-order valence-corrected chi connectivity index (χ4v) is 3.10.